The van der Waals surface area contributed by atoms with Crippen LogP contribution in [0.3, 0.4) is 0 Å². The minimum atomic E-state index is -2.16. The molecule has 1 atom stereocenters. The summed E-state index contributed by atoms with van der Waals surface area (Å²) in [6, 6.07) is 22.0. The molecule has 3 N–H and O–H groups in total. The molecule has 0 aromatic heterocycles. The van der Waals surface area contributed by atoms with Crippen molar-refractivity contribution in [2.45, 2.75) is 64.1 Å². The molecule has 0 radical (unpaired) electrons. The fourth-order valence-corrected chi connectivity index (χ4v) is 5.36. The Morgan fingerprint density at radius 1 is 1.00 bits per heavy atom. The average molecular weight is 623 g/mol. The van der Waals surface area contributed by atoms with E-state index in [0.717, 1.165) is 15.7 Å². The maximum atomic E-state index is 13.5. The molecule has 0 spiro atoms. The number of carbonyl (C=O) groups is 3. The van der Waals surface area contributed by atoms with Gasteiger partial charge in [0, 0.05) is 21.4 Å². The van der Waals surface area contributed by atoms with Crippen molar-refractivity contribution in [2.24, 2.45) is 0 Å². The monoisotopic (exact) mass is 621 g/mol. The minimum Gasteiger partial charge on any atom is -0.462 e. The lowest BCUT2D eigenvalue weighted by atomic mass is 9.84. The average Bonchev–Trinajstić information content (AvgIpc) is 2.96. The summed E-state index contributed by atoms with van der Waals surface area (Å²) in [6.07, 6.45) is 6.19. The Morgan fingerprint density at radius 3 is 2.32 bits per heavy atom. The summed E-state index contributed by atoms with van der Waals surface area (Å²) in [5.74, 6) is -1.01. The van der Waals surface area contributed by atoms with Crippen molar-refractivity contribution in [2.75, 3.05) is 16.8 Å². The molecule has 1 aliphatic carbocycles. The van der Waals surface area contributed by atoms with Crippen LogP contribution in [0.1, 0.15) is 73.4 Å². The predicted octanol–water partition coefficient (Wildman–Crippen LogP) is 6.74. The van der Waals surface area contributed by atoms with Crippen LogP contribution < -0.4 is 15.5 Å². The van der Waals surface area contributed by atoms with Crippen LogP contribution in [0.25, 0.3) is 0 Å². The van der Waals surface area contributed by atoms with Crippen molar-refractivity contribution in [1.82, 2.24) is 5.32 Å². The standard InChI is InChI=1S/C32H36BrN3O5/c1-3-41-30(38)32(2,40)35-29(37)25-14-12-22(13-15-25)21-36(31(39)34-27-11-7-10-26(33)20-27)28-18-16-24(17-19-28)23-8-5-4-6-9-23/h7,10-20,23,40H,3-6,8-9,21H2,1-2H3,(H,34,39)(H,35,37). The second-order valence-electron chi connectivity index (χ2n) is 10.4. The lowest BCUT2D eigenvalue weighted by molar-refractivity contribution is -0.165. The van der Waals surface area contributed by atoms with Crippen molar-refractivity contribution < 1.29 is 24.2 Å². The highest BCUT2D eigenvalue weighted by atomic mass is 79.9. The molecule has 3 aromatic rings. The summed E-state index contributed by atoms with van der Waals surface area (Å²) in [7, 11) is 0. The number of ether oxygens (including phenoxy) is 1. The van der Waals surface area contributed by atoms with Crippen LogP contribution >= 0.6 is 15.9 Å². The van der Waals surface area contributed by atoms with E-state index in [1.807, 2.05) is 36.4 Å². The van der Waals surface area contributed by atoms with Gasteiger partial charge in [0.05, 0.1) is 13.2 Å². The third kappa shape index (κ3) is 8.17. The first kappa shape index (κ1) is 30.3. The van der Waals surface area contributed by atoms with Gasteiger partial charge >= 0.3 is 12.0 Å². The van der Waals surface area contributed by atoms with E-state index in [2.05, 4.69) is 38.7 Å². The molecule has 0 bridgehead atoms. The van der Waals surface area contributed by atoms with Crippen LogP contribution in [0.4, 0.5) is 16.2 Å². The van der Waals surface area contributed by atoms with Gasteiger partial charge in [-0.1, -0.05) is 65.5 Å². The number of esters is 1. The molecular formula is C32H36BrN3O5. The number of rotatable bonds is 9. The number of urea groups is 1. The highest BCUT2D eigenvalue weighted by Gasteiger charge is 2.34. The van der Waals surface area contributed by atoms with Crippen LogP contribution in [-0.2, 0) is 16.1 Å². The third-order valence-corrected chi connectivity index (χ3v) is 7.68. The van der Waals surface area contributed by atoms with Crippen LogP contribution in [0.2, 0.25) is 0 Å². The van der Waals surface area contributed by atoms with Crippen LogP contribution in [0, 0.1) is 0 Å². The highest BCUT2D eigenvalue weighted by molar-refractivity contribution is 9.10. The number of hydrogen-bond donors (Lipinski definition) is 3. The van der Waals surface area contributed by atoms with Crippen molar-refractivity contribution in [3.63, 3.8) is 0 Å². The van der Waals surface area contributed by atoms with E-state index >= 15 is 0 Å². The Bertz CT molecular complexity index is 1350. The summed E-state index contributed by atoms with van der Waals surface area (Å²) in [5, 5.41) is 15.6. The van der Waals surface area contributed by atoms with Crippen molar-refractivity contribution >= 4 is 45.2 Å². The van der Waals surface area contributed by atoms with E-state index in [4.69, 9.17) is 4.74 Å². The smallest absolute Gasteiger partial charge is 0.359 e. The molecule has 3 amide bonds. The van der Waals surface area contributed by atoms with Gasteiger partial charge in [-0.3, -0.25) is 9.69 Å². The van der Waals surface area contributed by atoms with Crippen molar-refractivity contribution in [3.8, 4) is 0 Å². The predicted molar refractivity (Wildman–Crippen MR) is 163 cm³/mol. The first-order chi connectivity index (χ1) is 19.7. The van der Waals surface area contributed by atoms with Gasteiger partial charge in [-0.2, -0.15) is 0 Å². The lowest BCUT2D eigenvalue weighted by Crippen LogP contribution is -2.53. The first-order valence-corrected chi connectivity index (χ1v) is 14.7. The zero-order valence-electron chi connectivity index (χ0n) is 23.4. The number of halogens is 1. The number of benzene rings is 3. The number of aliphatic hydroxyl groups is 1. The van der Waals surface area contributed by atoms with Crippen LogP contribution in [0.5, 0.6) is 0 Å². The number of amides is 3. The molecule has 4 rings (SSSR count). The Hall–Kier alpha value is -3.69. The largest absolute Gasteiger partial charge is 0.462 e. The molecule has 9 heteroatoms. The normalized spacial score (nSPS) is 14.9. The SMILES string of the molecule is CCOC(=O)C(C)(O)NC(=O)c1ccc(CN(C(=O)Nc2cccc(Br)c2)c2ccc(C3CCCCC3)cc2)cc1. The van der Waals surface area contributed by atoms with E-state index in [-0.39, 0.29) is 24.7 Å². The minimum absolute atomic E-state index is 0.0779. The topological polar surface area (TPSA) is 108 Å². The van der Waals surface area contributed by atoms with E-state index < -0.39 is 17.6 Å². The van der Waals surface area contributed by atoms with Gasteiger partial charge in [-0.25, -0.2) is 9.59 Å². The molecule has 8 nitrogen and oxygen atoms in total. The molecule has 3 aromatic carbocycles. The van der Waals surface area contributed by atoms with Gasteiger partial charge in [0.25, 0.3) is 5.91 Å². The molecule has 1 unspecified atom stereocenters. The summed E-state index contributed by atoms with van der Waals surface area (Å²) < 4.78 is 5.67. The first-order valence-electron chi connectivity index (χ1n) is 13.9. The van der Waals surface area contributed by atoms with E-state index in [9.17, 15) is 19.5 Å². The van der Waals surface area contributed by atoms with Gasteiger partial charge < -0.3 is 20.5 Å². The summed E-state index contributed by atoms with van der Waals surface area (Å²) in [5.41, 5.74) is 1.60. The molecular weight excluding hydrogens is 586 g/mol. The van der Waals surface area contributed by atoms with Crippen molar-refractivity contribution in [1.29, 1.82) is 0 Å². The molecule has 0 heterocycles. The molecule has 1 fully saturated rings. The number of hydrogen-bond acceptors (Lipinski definition) is 5. The van der Waals surface area contributed by atoms with Gasteiger partial charge in [0.2, 0.25) is 5.72 Å². The number of nitrogens with one attached hydrogen (secondary N) is 2. The van der Waals surface area contributed by atoms with Crippen molar-refractivity contribution in [3.05, 3.63) is 94.0 Å². The van der Waals surface area contributed by atoms with Gasteiger partial charge in [-0.15, -0.1) is 0 Å². The van der Waals surface area contributed by atoms with Crippen LogP contribution in [0.15, 0.2) is 77.3 Å². The van der Waals surface area contributed by atoms with Gasteiger partial charge in [0.1, 0.15) is 0 Å². The summed E-state index contributed by atoms with van der Waals surface area (Å²) in [4.78, 5) is 39.8. The molecule has 1 saturated carbocycles. The molecule has 0 saturated heterocycles. The molecule has 41 heavy (non-hydrogen) atoms. The fraction of sp³-hybridized carbons (Fsp3) is 0.344. The number of anilines is 2. The summed E-state index contributed by atoms with van der Waals surface area (Å²) >= 11 is 3.45. The zero-order valence-corrected chi connectivity index (χ0v) is 24.9. The van der Waals surface area contributed by atoms with Gasteiger partial charge in [0.15, 0.2) is 0 Å². The van der Waals surface area contributed by atoms with Gasteiger partial charge in [-0.05, 0) is 86.2 Å². The Morgan fingerprint density at radius 2 is 1.68 bits per heavy atom. The summed E-state index contributed by atoms with van der Waals surface area (Å²) in [6.45, 7) is 3.11. The lowest BCUT2D eigenvalue weighted by Gasteiger charge is -2.26. The van der Waals surface area contributed by atoms with E-state index in [1.165, 1.54) is 44.6 Å². The fourth-order valence-electron chi connectivity index (χ4n) is 4.96. The Balaban J connectivity index is 1.52. The Labute approximate surface area is 249 Å². The molecule has 1 aliphatic rings. The van der Waals surface area contributed by atoms with Crippen LogP contribution in [-0.4, -0.2) is 35.3 Å². The molecule has 0 aliphatic heterocycles. The third-order valence-electron chi connectivity index (χ3n) is 7.19. The zero-order chi connectivity index (χ0) is 29.4. The maximum absolute atomic E-state index is 13.5. The number of nitrogens with zero attached hydrogens (tertiary/aromatic N) is 1. The maximum Gasteiger partial charge on any atom is 0.359 e. The quantitative estimate of drug-likeness (QED) is 0.181. The second kappa shape index (κ2) is 13.8. The Kier molecular flexibility index (Phi) is 10.2. The highest BCUT2D eigenvalue weighted by Crippen LogP contribution is 2.33. The van der Waals surface area contributed by atoms with E-state index in [1.54, 1.807) is 36.1 Å². The second-order valence-corrected chi connectivity index (χ2v) is 11.3. The number of carbonyl (C=O) groups excluding carboxylic acids is 3. The van der Waals surface area contributed by atoms with E-state index in [0.29, 0.717) is 11.6 Å². The molecule has 216 valence electrons.